The highest BCUT2D eigenvalue weighted by atomic mass is 16.5. The second-order valence-electron chi connectivity index (χ2n) is 7.19. The van der Waals surface area contributed by atoms with Crippen LogP contribution in [0.25, 0.3) is 10.9 Å². The maximum atomic E-state index is 6.07. The summed E-state index contributed by atoms with van der Waals surface area (Å²) < 4.78 is 13.7. The summed E-state index contributed by atoms with van der Waals surface area (Å²) in [6, 6.07) is 10.3. The molecule has 3 rings (SSSR count). The van der Waals surface area contributed by atoms with Crippen LogP contribution in [-0.2, 0) is 6.54 Å². The Morgan fingerprint density at radius 2 is 1.96 bits per heavy atom. The second-order valence-corrected chi connectivity index (χ2v) is 7.19. The van der Waals surface area contributed by atoms with E-state index in [0.717, 1.165) is 30.1 Å². The molecule has 0 spiro atoms. The molecule has 4 heteroatoms. The normalized spacial score (nSPS) is 11.3. The van der Waals surface area contributed by atoms with Crippen molar-refractivity contribution in [2.24, 2.45) is 5.92 Å². The summed E-state index contributed by atoms with van der Waals surface area (Å²) in [4.78, 5) is 4.53. The van der Waals surface area contributed by atoms with E-state index in [9.17, 15) is 0 Å². The Labute approximate surface area is 155 Å². The standard InChI is InChI=1S/C22H28N2O2/c1-15(2)10-12-26-22-21-20(9-11-23-22)16(3)17(4)24(21)14-18-7-6-8-19(13-18)25-5/h6-9,11,13,15H,10,12,14H2,1-5H3. The van der Waals surface area contributed by atoms with E-state index in [1.54, 1.807) is 7.11 Å². The molecular weight excluding hydrogens is 324 g/mol. The SMILES string of the molecule is COc1cccc(Cn2c(C)c(C)c3ccnc(OCCC(C)C)c32)c1. The van der Waals surface area contributed by atoms with Gasteiger partial charge in [0.05, 0.1) is 13.7 Å². The molecule has 0 aliphatic rings. The van der Waals surface area contributed by atoms with Gasteiger partial charge in [-0.1, -0.05) is 26.0 Å². The van der Waals surface area contributed by atoms with Crippen LogP contribution in [0.4, 0.5) is 0 Å². The molecule has 3 aromatic rings. The maximum Gasteiger partial charge on any atom is 0.238 e. The molecule has 2 heterocycles. The number of hydrogen-bond donors (Lipinski definition) is 0. The van der Waals surface area contributed by atoms with E-state index >= 15 is 0 Å². The van der Waals surface area contributed by atoms with Gasteiger partial charge in [-0.3, -0.25) is 0 Å². The fraction of sp³-hybridized carbons (Fsp3) is 0.409. The van der Waals surface area contributed by atoms with Gasteiger partial charge >= 0.3 is 0 Å². The minimum absolute atomic E-state index is 0.612. The lowest BCUT2D eigenvalue weighted by atomic mass is 10.1. The average molecular weight is 352 g/mol. The molecule has 2 aromatic heterocycles. The first-order valence-electron chi connectivity index (χ1n) is 9.21. The largest absolute Gasteiger partial charge is 0.497 e. The van der Waals surface area contributed by atoms with Crippen molar-refractivity contribution in [3.63, 3.8) is 0 Å². The monoisotopic (exact) mass is 352 g/mol. The Hall–Kier alpha value is -2.49. The smallest absolute Gasteiger partial charge is 0.238 e. The Morgan fingerprint density at radius 1 is 1.15 bits per heavy atom. The van der Waals surface area contributed by atoms with Crippen molar-refractivity contribution >= 4 is 10.9 Å². The van der Waals surface area contributed by atoms with Crippen LogP contribution in [0.5, 0.6) is 11.6 Å². The van der Waals surface area contributed by atoms with Crippen LogP contribution in [0.1, 0.15) is 37.1 Å². The molecule has 0 fully saturated rings. The Bertz CT molecular complexity index is 897. The maximum absolute atomic E-state index is 6.07. The fourth-order valence-electron chi connectivity index (χ4n) is 3.21. The van der Waals surface area contributed by atoms with Gasteiger partial charge in [0.1, 0.15) is 11.3 Å². The van der Waals surface area contributed by atoms with Crippen molar-refractivity contribution in [3.8, 4) is 11.6 Å². The summed E-state index contributed by atoms with van der Waals surface area (Å²) in [6.07, 6.45) is 2.86. The van der Waals surface area contributed by atoms with Gasteiger partial charge < -0.3 is 14.0 Å². The Kier molecular flexibility index (Phi) is 5.50. The number of aromatic nitrogens is 2. The minimum atomic E-state index is 0.612. The van der Waals surface area contributed by atoms with Crippen LogP contribution in [-0.4, -0.2) is 23.3 Å². The number of ether oxygens (including phenoxy) is 2. The van der Waals surface area contributed by atoms with Crippen LogP contribution in [0.2, 0.25) is 0 Å². The zero-order valence-electron chi connectivity index (χ0n) is 16.4. The summed E-state index contributed by atoms with van der Waals surface area (Å²) >= 11 is 0. The van der Waals surface area contributed by atoms with Crippen molar-refractivity contribution in [1.29, 1.82) is 0 Å². The molecule has 0 bridgehead atoms. The van der Waals surface area contributed by atoms with Crippen molar-refractivity contribution in [2.75, 3.05) is 13.7 Å². The highest BCUT2D eigenvalue weighted by molar-refractivity contribution is 5.89. The molecule has 138 valence electrons. The summed E-state index contributed by atoms with van der Waals surface area (Å²) in [5.74, 6) is 2.21. The van der Waals surface area contributed by atoms with E-state index < -0.39 is 0 Å². The summed E-state index contributed by atoms with van der Waals surface area (Å²) in [6.45, 7) is 10.2. The van der Waals surface area contributed by atoms with Crippen LogP contribution < -0.4 is 9.47 Å². The lowest BCUT2D eigenvalue weighted by Gasteiger charge is -2.13. The highest BCUT2D eigenvalue weighted by Gasteiger charge is 2.16. The van der Waals surface area contributed by atoms with E-state index in [2.05, 4.69) is 55.4 Å². The molecule has 0 saturated heterocycles. The van der Waals surface area contributed by atoms with Crippen LogP contribution in [0.3, 0.4) is 0 Å². The van der Waals surface area contributed by atoms with E-state index in [-0.39, 0.29) is 0 Å². The highest BCUT2D eigenvalue weighted by Crippen LogP contribution is 2.32. The van der Waals surface area contributed by atoms with Crippen LogP contribution in [0, 0.1) is 19.8 Å². The van der Waals surface area contributed by atoms with Gasteiger partial charge in [-0.25, -0.2) is 4.98 Å². The number of hydrogen-bond acceptors (Lipinski definition) is 3. The average Bonchev–Trinajstić information content (AvgIpc) is 2.87. The molecule has 26 heavy (non-hydrogen) atoms. The van der Waals surface area contributed by atoms with Crippen LogP contribution in [0.15, 0.2) is 36.5 Å². The molecule has 0 unspecified atom stereocenters. The number of nitrogens with zero attached hydrogens (tertiary/aromatic N) is 2. The van der Waals surface area contributed by atoms with Gasteiger partial charge in [-0.2, -0.15) is 0 Å². The molecule has 0 aliphatic carbocycles. The molecule has 0 saturated carbocycles. The first-order valence-corrected chi connectivity index (χ1v) is 9.21. The van der Waals surface area contributed by atoms with Gasteiger partial charge in [0.25, 0.3) is 0 Å². The molecule has 4 nitrogen and oxygen atoms in total. The van der Waals surface area contributed by atoms with Gasteiger partial charge in [0.15, 0.2) is 0 Å². The van der Waals surface area contributed by atoms with Gasteiger partial charge in [0, 0.05) is 23.8 Å². The van der Waals surface area contributed by atoms with Crippen molar-refractivity contribution in [2.45, 2.75) is 40.7 Å². The number of aryl methyl sites for hydroxylation is 1. The van der Waals surface area contributed by atoms with E-state index in [1.165, 1.54) is 22.2 Å². The van der Waals surface area contributed by atoms with E-state index in [4.69, 9.17) is 9.47 Å². The third-order valence-electron chi connectivity index (χ3n) is 4.92. The summed E-state index contributed by atoms with van der Waals surface area (Å²) in [7, 11) is 1.70. The molecule has 0 N–H and O–H groups in total. The van der Waals surface area contributed by atoms with Crippen molar-refractivity contribution in [3.05, 3.63) is 53.3 Å². The summed E-state index contributed by atoms with van der Waals surface area (Å²) in [5.41, 5.74) is 4.79. The van der Waals surface area contributed by atoms with Crippen molar-refractivity contribution < 1.29 is 9.47 Å². The lowest BCUT2D eigenvalue weighted by Crippen LogP contribution is -2.07. The zero-order valence-corrected chi connectivity index (χ0v) is 16.4. The third kappa shape index (κ3) is 3.69. The van der Waals surface area contributed by atoms with Gasteiger partial charge in [-0.05, 0) is 55.5 Å². The topological polar surface area (TPSA) is 36.3 Å². The first-order chi connectivity index (χ1) is 12.5. The Balaban J connectivity index is 2.01. The number of benzene rings is 1. The molecule has 0 aliphatic heterocycles. The second kappa shape index (κ2) is 7.81. The number of rotatable bonds is 7. The zero-order chi connectivity index (χ0) is 18.7. The van der Waals surface area contributed by atoms with E-state index in [1.807, 2.05) is 18.3 Å². The molecule has 0 radical (unpaired) electrons. The van der Waals surface area contributed by atoms with Gasteiger partial charge in [0.2, 0.25) is 5.88 Å². The van der Waals surface area contributed by atoms with Gasteiger partial charge in [-0.15, -0.1) is 0 Å². The minimum Gasteiger partial charge on any atom is -0.497 e. The fourth-order valence-corrected chi connectivity index (χ4v) is 3.21. The quantitative estimate of drug-likeness (QED) is 0.591. The lowest BCUT2D eigenvalue weighted by molar-refractivity contribution is 0.281. The van der Waals surface area contributed by atoms with Crippen molar-refractivity contribution in [1.82, 2.24) is 9.55 Å². The number of pyridine rings is 1. The van der Waals surface area contributed by atoms with E-state index in [0.29, 0.717) is 12.5 Å². The predicted octanol–water partition coefficient (Wildman–Crippen LogP) is 5.13. The number of methoxy groups -OCH3 is 1. The summed E-state index contributed by atoms with van der Waals surface area (Å²) in [5, 5.41) is 1.21. The molecule has 0 amide bonds. The van der Waals surface area contributed by atoms with Crippen LogP contribution >= 0.6 is 0 Å². The molecular formula is C22H28N2O2. The molecule has 0 atom stereocenters. The third-order valence-corrected chi connectivity index (χ3v) is 4.92. The number of fused-ring (bicyclic) bond motifs is 1. The Morgan fingerprint density at radius 3 is 2.69 bits per heavy atom. The molecule has 1 aromatic carbocycles. The first kappa shape index (κ1) is 18.3. The predicted molar refractivity (Wildman–Crippen MR) is 106 cm³/mol.